The number of anilines is 1. The number of carbonyl (C=O) groups excluding carboxylic acids is 1. The van der Waals surface area contributed by atoms with Gasteiger partial charge in [-0.3, -0.25) is 4.79 Å². The summed E-state index contributed by atoms with van der Waals surface area (Å²) < 4.78 is 5.22. The van der Waals surface area contributed by atoms with Crippen molar-refractivity contribution < 1.29 is 9.53 Å². The van der Waals surface area contributed by atoms with Gasteiger partial charge in [-0.1, -0.05) is 19.9 Å². The second-order valence-electron chi connectivity index (χ2n) is 8.15. The third-order valence-electron chi connectivity index (χ3n) is 5.75. The molecular weight excluding hydrogens is 336 g/mol. The lowest BCUT2D eigenvalue weighted by Crippen LogP contribution is -2.50. The van der Waals surface area contributed by atoms with Crippen LogP contribution in [-0.4, -0.2) is 24.3 Å². The lowest BCUT2D eigenvalue weighted by atomic mass is 9.79. The fraction of sp³-hybridized carbons (Fsp3) is 0.391. The molecule has 0 saturated heterocycles. The van der Waals surface area contributed by atoms with Gasteiger partial charge in [0, 0.05) is 11.1 Å². The van der Waals surface area contributed by atoms with Gasteiger partial charge < -0.3 is 9.64 Å². The topological polar surface area (TPSA) is 41.9 Å². The van der Waals surface area contributed by atoms with Gasteiger partial charge in [-0.2, -0.15) is 0 Å². The van der Waals surface area contributed by atoms with Crippen LogP contribution in [0, 0.1) is 0 Å². The van der Waals surface area contributed by atoms with Gasteiger partial charge in [-0.25, -0.2) is 4.99 Å². The van der Waals surface area contributed by atoms with E-state index in [0.717, 1.165) is 35.5 Å². The van der Waals surface area contributed by atoms with Crippen molar-refractivity contribution in [1.29, 1.82) is 0 Å². The highest BCUT2D eigenvalue weighted by Gasteiger charge is 2.48. The molecule has 0 aromatic heterocycles. The summed E-state index contributed by atoms with van der Waals surface area (Å²) in [4.78, 5) is 20.1. The minimum Gasteiger partial charge on any atom is -0.497 e. The monoisotopic (exact) mass is 362 g/mol. The van der Waals surface area contributed by atoms with E-state index in [0.29, 0.717) is 11.6 Å². The van der Waals surface area contributed by atoms with Crippen LogP contribution < -0.4 is 9.64 Å². The maximum absolute atomic E-state index is 13.4. The van der Waals surface area contributed by atoms with Crippen molar-refractivity contribution in [2.75, 3.05) is 12.0 Å². The van der Waals surface area contributed by atoms with Crippen molar-refractivity contribution in [2.24, 2.45) is 4.99 Å². The number of aryl methyl sites for hydroxylation is 1. The molecule has 0 bridgehead atoms. The Morgan fingerprint density at radius 1 is 1.22 bits per heavy atom. The Balaban J connectivity index is 1.92. The predicted molar refractivity (Wildman–Crippen MR) is 110 cm³/mol. The van der Waals surface area contributed by atoms with Gasteiger partial charge in [0.15, 0.2) is 0 Å². The van der Waals surface area contributed by atoms with Crippen molar-refractivity contribution in [3.8, 4) is 5.75 Å². The number of methoxy groups -OCH3 is 1. The number of ether oxygens (including phenoxy) is 1. The van der Waals surface area contributed by atoms with Crippen LogP contribution in [-0.2, 0) is 11.2 Å². The zero-order valence-corrected chi connectivity index (χ0v) is 16.7. The highest BCUT2D eigenvalue weighted by molar-refractivity contribution is 6.55. The zero-order valence-electron chi connectivity index (χ0n) is 16.7. The van der Waals surface area contributed by atoms with Gasteiger partial charge in [0.2, 0.25) is 0 Å². The molecule has 0 unspecified atom stereocenters. The van der Waals surface area contributed by atoms with Gasteiger partial charge in [0.1, 0.15) is 11.5 Å². The first-order chi connectivity index (χ1) is 12.9. The lowest BCUT2D eigenvalue weighted by Gasteiger charge is -2.43. The van der Waals surface area contributed by atoms with Gasteiger partial charge in [-0.05, 0) is 74.1 Å². The summed E-state index contributed by atoms with van der Waals surface area (Å²) in [6.45, 7) is 8.72. The first-order valence-electron chi connectivity index (χ1n) is 9.60. The van der Waals surface area contributed by atoms with Crippen LogP contribution in [0.1, 0.15) is 56.7 Å². The summed E-state index contributed by atoms with van der Waals surface area (Å²) in [7, 11) is 1.64. The molecule has 0 saturated carbocycles. The minimum absolute atomic E-state index is 0.00669. The third kappa shape index (κ3) is 2.75. The van der Waals surface area contributed by atoms with E-state index < -0.39 is 0 Å². The molecule has 4 rings (SSSR count). The van der Waals surface area contributed by atoms with E-state index in [1.807, 2.05) is 29.2 Å². The largest absolute Gasteiger partial charge is 0.497 e. The van der Waals surface area contributed by atoms with Crippen molar-refractivity contribution in [2.45, 2.75) is 52.0 Å². The number of benzene rings is 2. The summed E-state index contributed by atoms with van der Waals surface area (Å²) in [5.74, 6) is 1.21. The number of amides is 1. The molecule has 4 heteroatoms. The number of hydrogen-bond acceptors (Lipinski definition) is 3. The van der Waals surface area contributed by atoms with E-state index in [1.54, 1.807) is 7.11 Å². The number of carbonyl (C=O) groups is 1. The Hall–Kier alpha value is -2.62. The zero-order chi connectivity index (χ0) is 19.3. The Kier molecular flexibility index (Phi) is 4.10. The molecule has 27 heavy (non-hydrogen) atoms. The van der Waals surface area contributed by atoms with Crippen LogP contribution in [0.5, 0.6) is 5.75 Å². The van der Waals surface area contributed by atoms with Crippen molar-refractivity contribution >= 4 is 23.0 Å². The molecule has 2 aliphatic rings. The number of aliphatic imine (C=N–C) groups is 1. The quantitative estimate of drug-likeness (QED) is 0.770. The molecular formula is C23H26N2O2. The average Bonchev–Trinajstić information content (AvgIpc) is 2.93. The molecule has 2 heterocycles. The summed E-state index contributed by atoms with van der Waals surface area (Å²) in [5, 5.41) is 0. The second-order valence-corrected chi connectivity index (χ2v) is 8.15. The highest BCUT2D eigenvalue weighted by Crippen LogP contribution is 2.49. The lowest BCUT2D eigenvalue weighted by molar-refractivity contribution is -0.113. The summed E-state index contributed by atoms with van der Waals surface area (Å²) in [5.41, 5.74) is 5.67. The average molecular weight is 362 g/mol. The van der Waals surface area contributed by atoms with Gasteiger partial charge in [0.25, 0.3) is 5.91 Å². The molecule has 0 radical (unpaired) electrons. The normalized spacial score (nSPS) is 21.5. The Bertz CT molecular complexity index is 942. The number of hydrogen-bond donors (Lipinski definition) is 0. The Morgan fingerprint density at radius 2 is 1.93 bits per heavy atom. The molecule has 2 aromatic rings. The predicted octanol–water partition coefficient (Wildman–Crippen LogP) is 5.01. The standard InChI is InChI=1S/C23H26N2O2/c1-6-15-11-18-14(2)13-23(3,4)25-21(18)19(12-15)20(22(25)26)24-16-7-9-17(27-5)10-8-16/h7-12,14H,6,13H2,1-5H3/t14-/m0/s1. The molecule has 4 nitrogen and oxygen atoms in total. The van der Waals surface area contributed by atoms with Crippen molar-refractivity contribution in [1.82, 2.24) is 0 Å². The van der Waals surface area contributed by atoms with E-state index in [9.17, 15) is 4.79 Å². The van der Waals surface area contributed by atoms with Crippen LogP contribution >= 0.6 is 0 Å². The first-order valence-corrected chi connectivity index (χ1v) is 9.60. The van der Waals surface area contributed by atoms with Crippen LogP contribution in [0.4, 0.5) is 11.4 Å². The first kappa shape index (κ1) is 17.8. The molecule has 2 aromatic carbocycles. The molecule has 140 valence electrons. The van der Waals surface area contributed by atoms with E-state index in [1.165, 1.54) is 11.1 Å². The fourth-order valence-corrected chi connectivity index (χ4v) is 4.47. The van der Waals surface area contributed by atoms with Crippen LogP contribution in [0.15, 0.2) is 41.4 Å². The number of rotatable bonds is 3. The van der Waals surface area contributed by atoms with Gasteiger partial charge >= 0.3 is 0 Å². The van der Waals surface area contributed by atoms with Crippen LogP contribution in [0.25, 0.3) is 0 Å². The minimum atomic E-state index is -0.219. The Labute approximate surface area is 160 Å². The SMILES string of the molecule is CCc1cc2c3c(c1)[C@@H](C)CC(C)(C)N3C(=O)C2=Nc1ccc(OC)cc1. The second kappa shape index (κ2) is 6.22. The highest BCUT2D eigenvalue weighted by atomic mass is 16.5. The Morgan fingerprint density at radius 3 is 2.56 bits per heavy atom. The molecule has 0 N–H and O–H groups in total. The smallest absolute Gasteiger partial charge is 0.278 e. The molecule has 1 atom stereocenters. The molecule has 0 aliphatic carbocycles. The van der Waals surface area contributed by atoms with Crippen molar-refractivity contribution in [3.63, 3.8) is 0 Å². The van der Waals surface area contributed by atoms with E-state index in [2.05, 4.69) is 39.8 Å². The van der Waals surface area contributed by atoms with E-state index >= 15 is 0 Å². The van der Waals surface area contributed by atoms with E-state index in [-0.39, 0.29) is 11.4 Å². The summed E-state index contributed by atoms with van der Waals surface area (Å²) in [6, 6.07) is 11.9. The molecule has 1 amide bonds. The van der Waals surface area contributed by atoms with Gasteiger partial charge in [0.05, 0.1) is 18.5 Å². The maximum atomic E-state index is 13.4. The summed E-state index contributed by atoms with van der Waals surface area (Å²) in [6.07, 6.45) is 1.90. The maximum Gasteiger partial charge on any atom is 0.278 e. The fourth-order valence-electron chi connectivity index (χ4n) is 4.47. The molecule has 0 spiro atoms. The molecule has 2 aliphatic heterocycles. The number of nitrogens with zero attached hydrogens (tertiary/aromatic N) is 2. The van der Waals surface area contributed by atoms with Gasteiger partial charge in [-0.15, -0.1) is 0 Å². The van der Waals surface area contributed by atoms with Crippen molar-refractivity contribution in [3.05, 3.63) is 53.1 Å². The van der Waals surface area contributed by atoms with Crippen LogP contribution in [0.2, 0.25) is 0 Å². The molecule has 0 fully saturated rings. The third-order valence-corrected chi connectivity index (χ3v) is 5.75. The summed E-state index contributed by atoms with van der Waals surface area (Å²) >= 11 is 0. The van der Waals surface area contributed by atoms with Crippen LogP contribution in [0.3, 0.4) is 0 Å². The van der Waals surface area contributed by atoms with E-state index in [4.69, 9.17) is 9.73 Å².